The number of halogens is 5. The molecule has 2 atom stereocenters. The summed E-state index contributed by atoms with van der Waals surface area (Å²) in [5.41, 5.74) is -4.78. The van der Waals surface area contributed by atoms with E-state index >= 15 is 8.78 Å². The van der Waals surface area contributed by atoms with Crippen molar-refractivity contribution in [3.63, 3.8) is 0 Å². The van der Waals surface area contributed by atoms with Crippen molar-refractivity contribution in [1.29, 1.82) is 0 Å². The van der Waals surface area contributed by atoms with Gasteiger partial charge in [-0.25, -0.2) is 26.9 Å². The maximum absolute atomic E-state index is 15.1. The molecule has 28 heavy (non-hydrogen) atoms. The third-order valence-corrected chi connectivity index (χ3v) is 5.30. The van der Waals surface area contributed by atoms with Crippen LogP contribution in [0.2, 0.25) is 0 Å². The molecule has 0 spiro atoms. The maximum Gasteiger partial charge on any atom is 0.330 e. The number of ether oxygens (including phenoxy) is 1. The molecule has 0 aliphatic carbocycles. The van der Waals surface area contributed by atoms with Gasteiger partial charge in [0, 0.05) is 11.6 Å². The Bertz CT molecular complexity index is 749. The standard InChI is InChI=1S/C18H22F5NO3S/c1-5-27-14(25)10-11-17(22,23)18(15(20)21,24-28(26)16(2,3)4)12-8-6-7-9-13(12)19/h6-11,15,24H,5H2,1-4H3/t18-,28+/m0/s1. The molecule has 0 aromatic heterocycles. The van der Waals surface area contributed by atoms with Gasteiger partial charge < -0.3 is 4.74 Å². The zero-order valence-corrected chi connectivity index (χ0v) is 16.6. The van der Waals surface area contributed by atoms with Crippen molar-refractivity contribution < 1.29 is 35.7 Å². The van der Waals surface area contributed by atoms with E-state index in [0.717, 1.165) is 24.3 Å². The second-order valence-corrected chi connectivity index (χ2v) is 8.75. The Morgan fingerprint density at radius 3 is 2.29 bits per heavy atom. The van der Waals surface area contributed by atoms with Crippen LogP contribution in [0.25, 0.3) is 0 Å². The summed E-state index contributed by atoms with van der Waals surface area (Å²) in [6.45, 7) is 5.44. The van der Waals surface area contributed by atoms with Gasteiger partial charge in [0.05, 0.1) is 22.3 Å². The minimum absolute atomic E-state index is 0.101. The van der Waals surface area contributed by atoms with Crippen molar-refractivity contribution >= 4 is 17.0 Å². The van der Waals surface area contributed by atoms with E-state index < -0.39 is 51.0 Å². The van der Waals surface area contributed by atoms with E-state index in [4.69, 9.17) is 0 Å². The minimum atomic E-state index is -4.52. The molecule has 0 amide bonds. The van der Waals surface area contributed by atoms with Crippen LogP contribution in [0.4, 0.5) is 22.0 Å². The first kappa shape index (κ1) is 24.2. The van der Waals surface area contributed by atoms with Crippen molar-refractivity contribution in [2.24, 2.45) is 0 Å². The van der Waals surface area contributed by atoms with Crippen LogP contribution >= 0.6 is 0 Å². The van der Waals surface area contributed by atoms with E-state index in [2.05, 4.69) is 4.74 Å². The summed E-state index contributed by atoms with van der Waals surface area (Å²) in [6.07, 6.45) is -3.71. The van der Waals surface area contributed by atoms with Crippen LogP contribution in [0.15, 0.2) is 36.4 Å². The first-order chi connectivity index (χ1) is 12.8. The third kappa shape index (κ3) is 5.16. The lowest BCUT2D eigenvalue weighted by Crippen LogP contribution is -2.62. The number of rotatable bonds is 8. The van der Waals surface area contributed by atoms with Crippen molar-refractivity contribution in [3.8, 4) is 0 Å². The summed E-state index contributed by atoms with van der Waals surface area (Å²) in [6, 6.07) is 3.73. The largest absolute Gasteiger partial charge is 0.463 e. The lowest BCUT2D eigenvalue weighted by molar-refractivity contribution is -0.138. The Morgan fingerprint density at radius 2 is 1.82 bits per heavy atom. The van der Waals surface area contributed by atoms with Crippen LogP contribution in [0.1, 0.15) is 33.3 Å². The van der Waals surface area contributed by atoms with Gasteiger partial charge in [-0.1, -0.05) is 18.2 Å². The predicted molar refractivity (Wildman–Crippen MR) is 95.8 cm³/mol. The predicted octanol–water partition coefficient (Wildman–Crippen LogP) is 4.09. The average Bonchev–Trinajstić information content (AvgIpc) is 2.57. The van der Waals surface area contributed by atoms with Gasteiger partial charge >= 0.3 is 5.97 Å². The number of nitrogens with one attached hydrogen (secondary N) is 1. The molecule has 0 unspecified atom stereocenters. The molecular formula is C18H22F5NO3S. The molecule has 1 aromatic rings. The number of benzene rings is 1. The summed E-state index contributed by atoms with van der Waals surface area (Å²) in [5, 5.41) is 0. The second-order valence-electron chi connectivity index (χ2n) is 6.78. The highest BCUT2D eigenvalue weighted by molar-refractivity contribution is 7.84. The highest BCUT2D eigenvalue weighted by Crippen LogP contribution is 2.45. The molecule has 158 valence electrons. The van der Waals surface area contributed by atoms with Gasteiger partial charge in [-0.15, -0.1) is 0 Å². The van der Waals surface area contributed by atoms with Crippen LogP contribution in [-0.4, -0.2) is 33.9 Å². The van der Waals surface area contributed by atoms with Crippen LogP contribution in [0.3, 0.4) is 0 Å². The Kier molecular flexibility index (Phi) is 7.90. The number of carbonyl (C=O) groups is 1. The van der Waals surface area contributed by atoms with Gasteiger partial charge in [0.15, 0.2) is 5.54 Å². The van der Waals surface area contributed by atoms with Crippen LogP contribution < -0.4 is 4.72 Å². The highest BCUT2D eigenvalue weighted by Gasteiger charge is 2.62. The van der Waals surface area contributed by atoms with Gasteiger partial charge in [0.1, 0.15) is 5.82 Å². The molecule has 1 rings (SSSR count). The molecule has 0 fully saturated rings. The van der Waals surface area contributed by atoms with Gasteiger partial charge in [0.25, 0.3) is 12.3 Å². The van der Waals surface area contributed by atoms with Crippen molar-refractivity contribution in [2.45, 2.75) is 50.3 Å². The molecule has 0 aliphatic rings. The fourth-order valence-corrected chi connectivity index (χ4v) is 3.12. The molecular weight excluding hydrogens is 405 g/mol. The molecule has 0 aliphatic heterocycles. The Labute approximate surface area is 162 Å². The minimum Gasteiger partial charge on any atom is -0.463 e. The fraction of sp³-hybridized carbons (Fsp3) is 0.500. The van der Waals surface area contributed by atoms with Gasteiger partial charge in [0.2, 0.25) is 0 Å². The zero-order valence-electron chi connectivity index (χ0n) is 15.8. The van der Waals surface area contributed by atoms with E-state index in [0.29, 0.717) is 0 Å². The highest BCUT2D eigenvalue weighted by atomic mass is 32.2. The topological polar surface area (TPSA) is 55.4 Å². The summed E-state index contributed by atoms with van der Waals surface area (Å²) >= 11 is 0. The van der Waals surface area contributed by atoms with E-state index in [1.807, 2.05) is 0 Å². The monoisotopic (exact) mass is 427 g/mol. The van der Waals surface area contributed by atoms with Crippen LogP contribution in [0.5, 0.6) is 0 Å². The van der Waals surface area contributed by atoms with E-state index in [9.17, 15) is 22.2 Å². The first-order valence-corrected chi connectivity index (χ1v) is 9.41. The number of alkyl halides is 4. The quantitative estimate of drug-likeness (QED) is 0.386. The fourth-order valence-electron chi connectivity index (χ4n) is 2.18. The zero-order chi connectivity index (χ0) is 21.8. The smallest absolute Gasteiger partial charge is 0.330 e. The van der Waals surface area contributed by atoms with Crippen molar-refractivity contribution in [1.82, 2.24) is 4.72 Å². The summed E-state index contributed by atoms with van der Waals surface area (Å²) in [4.78, 5) is 11.4. The van der Waals surface area contributed by atoms with Gasteiger partial charge in [-0.2, -0.15) is 8.78 Å². The third-order valence-electron chi connectivity index (χ3n) is 3.68. The average molecular weight is 427 g/mol. The molecule has 10 heteroatoms. The van der Waals surface area contributed by atoms with Gasteiger partial charge in [-0.3, -0.25) is 0 Å². The number of carbonyl (C=O) groups excluding carboxylic acids is 1. The molecule has 0 bridgehead atoms. The van der Waals surface area contributed by atoms with Crippen LogP contribution in [-0.2, 0) is 26.1 Å². The number of hydrogen-bond donors (Lipinski definition) is 1. The first-order valence-electron chi connectivity index (χ1n) is 8.26. The molecule has 4 nitrogen and oxygen atoms in total. The number of esters is 1. The van der Waals surface area contributed by atoms with Crippen molar-refractivity contribution in [3.05, 3.63) is 47.8 Å². The Balaban J connectivity index is 3.67. The Hall–Kier alpha value is -1.81. The van der Waals surface area contributed by atoms with Crippen molar-refractivity contribution in [2.75, 3.05) is 6.61 Å². The lowest BCUT2D eigenvalue weighted by atomic mass is 9.84. The van der Waals surface area contributed by atoms with E-state index in [1.54, 1.807) is 4.72 Å². The van der Waals surface area contributed by atoms with Crippen LogP contribution in [0, 0.1) is 5.82 Å². The molecule has 1 aromatic carbocycles. The van der Waals surface area contributed by atoms with Gasteiger partial charge in [-0.05, 0) is 39.8 Å². The number of hydrogen-bond acceptors (Lipinski definition) is 3. The second kappa shape index (κ2) is 9.13. The molecule has 0 radical (unpaired) electrons. The summed E-state index contributed by atoms with van der Waals surface area (Å²) in [7, 11) is -2.43. The molecule has 1 N–H and O–H groups in total. The molecule has 0 saturated heterocycles. The normalized spacial score (nSPS) is 16.2. The SMILES string of the molecule is CCOC(=O)C=CC(F)(F)[C@](N[S@](=O)C(C)(C)C)(c1ccccc1F)C(F)F. The Morgan fingerprint density at radius 1 is 1.25 bits per heavy atom. The van der Waals surface area contributed by atoms with E-state index in [-0.39, 0.29) is 18.8 Å². The molecule has 0 saturated carbocycles. The van der Waals surface area contributed by atoms with E-state index in [1.165, 1.54) is 27.7 Å². The summed E-state index contributed by atoms with van der Waals surface area (Å²) in [5.74, 6) is -7.04. The maximum atomic E-state index is 15.1. The molecule has 0 heterocycles. The lowest BCUT2D eigenvalue weighted by Gasteiger charge is -2.40. The summed E-state index contributed by atoms with van der Waals surface area (Å²) < 4.78 is 90.2.